The summed E-state index contributed by atoms with van der Waals surface area (Å²) in [7, 11) is 0. The van der Waals surface area contributed by atoms with Crippen LogP contribution in [-0.4, -0.2) is 17.7 Å². The second-order valence-electron chi connectivity index (χ2n) is 5.14. The summed E-state index contributed by atoms with van der Waals surface area (Å²) in [5.74, 6) is -0.147. The average molecular weight is 296 g/mol. The van der Waals surface area contributed by atoms with Crippen LogP contribution >= 0.6 is 0 Å². The minimum absolute atomic E-state index is 0.221. The molecule has 0 aliphatic heterocycles. The van der Waals surface area contributed by atoms with Crippen LogP contribution in [0, 0.1) is 6.92 Å². The van der Waals surface area contributed by atoms with E-state index in [2.05, 4.69) is 12.1 Å². The Hall–Kier alpha value is -2.55. The van der Waals surface area contributed by atoms with Crippen LogP contribution in [-0.2, 0) is 16.0 Å². The van der Waals surface area contributed by atoms with Crippen LogP contribution in [0.1, 0.15) is 23.1 Å². The van der Waals surface area contributed by atoms with Crippen molar-refractivity contribution in [2.75, 3.05) is 6.61 Å². The van der Waals surface area contributed by atoms with Gasteiger partial charge in [0.15, 0.2) is 0 Å². The van der Waals surface area contributed by atoms with Crippen LogP contribution in [0.5, 0.6) is 5.75 Å². The number of carbonyl (C=O) groups excluding carboxylic acids is 1. The van der Waals surface area contributed by atoms with E-state index in [0.29, 0.717) is 6.61 Å². The highest BCUT2D eigenvalue weighted by Gasteiger charge is 1.99. The molecule has 0 unspecified atom stereocenters. The Morgan fingerprint density at radius 3 is 2.68 bits per heavy atom. The van der Waals surface area contributed by atoms with Crippen molar-refractivity contribution in [1.82, 2.24) is 0 Å². The molecule has 0 amide bonds. The second-order valence-corrected chi connectivity index (χ2v) is 5.14. The number of rotatable bonds is 6. The third kappa shape index (κ3) is 5.09. The average Bonchev–Trinajstić information content (AvgIpc) is 2.54. The van der Waals surface area contributed by atoms with Crippen molar-refractivity contribution >= 4 is 12.0 Å². The highest BCUT2D eigenvalue weighted by atomic mass is 16.5. The molecule has 2 rings (SSSR count). The summed E-state index contributed by atoms with van der Waals surface area (Å²) in [5.41, 5.74) is 2.81. The molecule has 0 aromatic heterocycles. The molecule has 0 heterocycles. The van der Waals surface area contributed by atoms with E-state index in [9.17, 15) is 9.90 Å². The molecule has 0 radical (unpaired) electrons. The van der Waals surface area contributed by atoms with E-state index in [1.54, 1.807) is 18.2 Å². The molecule has 2 aromatic carbocycles. The van der Waals surface area contributed by atoms with E-state index >= 15 is 0 Å². The largest absolute Gasteiger partial charge is 0.508 e. The van der Waals surface area contributed by atoms with Gasteiger partial charge in [0, 0.05) is 6.08 Å². The van der Waals surface area contributed by atoms with Crippen LogP contribution in [0.25, 0.3) is 6.08 Å². The molecule has 0 aliphatic carbocycles. The first-order valence-electron chi connectivity index (χ1n) is 7.33. The predicted octanol–water partition coefficient (Wildman–Crippen LogP) is 3.89. The van der Waals surface area contributed by atoms with Crippen molar-refractivity contribution in [3.63, 3.8) is 0 Å². The lowest BCUT2D eigenvalue weighted by molar-refractivity contribution is -0.137. The SMILES string of the molecule is Cc1ccc(/C=C/C(=O)OCCCc2ccccc2)cc1O. The molecule has 22 heavy (non-hydrogen) atoms. The van der Waals surface area contributed by atoms with Crippen molar-refractivity contribution in [3.8, 4) is 5.75 Å². The van der Waals surface area contributed by atoms with Gasteiger partial charge in [-0.15, -0.1) is 0 Å². The van der Waals surface area contributed by atoms with Gasteiger partial charge in [0.1, 0.15) is 5.75 Å². The number of ether oxygens (including phenoxy) is 1. The van der Waals surface area contributed by atoms with E-state index in [1.807, 2.05) is 31.2 Å². The Kier molecular flexibility index (Phi) is 5.78. The lowest BCUT2D eigenvalue weighted by atomic mass is 10.1. The highest BCUT2D eigenvalue weighted by molar-refractivity contribution is 5.87. The quantitative estimate of drug-likeness (QED) is 0.500. The molecule has 2 aromatic rings. The van der Waals surface area contributed by atoms with Crippen molar-refractivity contribution in [2.24, 2.45) is 0 Å². The lowest BCUT2D eigenvalue weighted by Gasteiger charge is -2.03. The molecule has 0 saturated heterocycles. The number of benzene rings is 2. The normalized spacial score (nSPS) is 10.8. The zero-order chi connectivity index (χ0) is 15.8. The minimum atomic E-state index is -0.367. The molecule has 114 valence electrons. The van der Waals surface area contributed by atoms with E-state index in [-0.39, 0.29) is 11.7 Å². The summed E-state index contributed by atoms with van der Waals surface area (Å²) >= 11 is 0. The van der Waals surface area contributed by atoms with Crippen LogP contribution in [0.3, 0.4) is 0 Å². The van der Waals surface area contributed by atoms with Gasteiger partial charge in [-0.3, -0.25) is 0 Å². The predicted molar refractivity (Wildman–Crippen MR) is 87.6 cm³/mol. The number of aryl methyl sites for hydroxylation is 2. The van der Waals surface area contributed by atoms with Gasteiger partial charge < -0.3 is 9.84 Å². The van der Waals surface area contributed by atoms with Gasteiger partial charge in [-0.05, 0) is 48.6 Å². The molecule has 3 heteroatoms. The third-order valence-electron chi connectivity index (χ3n) is 3.34. The molecule has 0 fully saturated rings. The minimum Gasteiger partial charge on any atom is -0.508 e. The monoisotopic (exact) mass is 296 g/mol. The van der Waals surface area contributed by atoms with E-state index in [1.165, 1.54) is 11.6 Å². The van der Waals surface area contributed by atoms with Gasteiger partial charge in [0.05, 0.1) is 6.61 Å². The number of esters is 1. The van der Waals surface area contributed by atoms with Gasteiger partial charge in [-0.2, -0.15) is 0 Å². The summed E-state index contributed by atoms with van der Waals surface area (Å²) in [6.45, 7) is 2.22. The topological polar surface area (TPSA) is 46.5 Å². The van der Waals surface area contributed by atoms with Gasteiger partial charge in [0.2, 0.25) is 0 Å². The third-order valence-corrected chi connectivity index (χ3v) is 3.34. The fourth-order valence-corrected chi connectivity index (χ4v) is 2.04. The molecular formula is C19H20O3. The van der Waals surface area contributed by atoms with E-state index in [0.717, 1.165) is 24.0 Å². The maximum Gasteiger partial charge on any atom is 0.330 e. The molecule has 0 atom stereocenters. The highest BCUT2D eigenvalue weighted by Crippen LogP contribution is 2.18. The van der Waals surface area contributed by atoms with Gasteiger partial charge in [-0.1, -0.05) is 42.5 Å². The Morgan fingerprint density at radius 2 is 1.95 bits per heavy atom. The van der Waals surface area contributed by atoms with Crippen LogP contribution in [0.2, 0.25) is 0 Å². The van der Waals surface area contributed by atoms with Crippen molar-refractivity contribution in [1.29, 1.82) is 0 Å². The second kappa shape index (κ2) is 8.03. The standard InChI is InChI=1S/C19H20O3/c1-15-9-10-17(14-18(15)20)11-12-19(21)22-13-5-8-16-6-3-2-4-7-16/h2-4,6-7,9-12,14,20H,5,8,13H2,1H3/b12-11+. The summed E-state index contributed by atoms with van der Waals surface area (Å²) in [6.07, 6.45) is 4.71. The fraction of sp³-hybridized carbons (Fsp3) is 0.211. The first kappa shape index (κ1) is 15.8. The number of hydrogen-bond donors (Lipinski definition) is 1. The maximum atomic E-state index is 11.6. The van der Waals surface area contributed by atoms with Gasteiger partial charge >= 0.3 is 5.97 Å². The number of hydrogen-bond acceptors (Lipinski definition) is 3. The fourth-order valence-electron chi connectivity index (χ4n) is 2.04. The van der Waals surface area contributed by atoms with Crippen LogP contribution < -0.4 is 0 Å². The molecule has 3 nitrogen and oxygen atoms in total. The Morgan fingerprint density at radius 1 is 1.18 bits per heavy atom. The Labute approximate surface area is 130 Å². The van der Waals surface area contributed by atoms with Crippen molar-refractivity contribution in [2.45, 2.75) is 19.8 Å². The first-order chi connectivity index (χ1) is 10.6. The van der Waals surface area contributed by atoms with E-state index < -0.39 is 0 Å². The van der Waals surface area contributed by atoms with Gasteiger partial charge in [0.25, 0.3) is 0 Å². The maximum absolute atomic E-state index is 11.6. The molecule has 0 spiro atoms. The number of phenols is 1. The molecule has 0 aliphatic rings. The van der Waals surface area contributed by atoms with Gasteiger partial charge in [-0.25, -0.2) is 4.79 Å². The number of carbonyl (C=O) groups is 1. The molecular weight excluding hydrogens is 276 g/mol. The summed E-state index contributed by atoms with van der Waals surface area (Å²) in [6, 6.07) is 15.4. The molecule has 1 N–H and O–H groups in total. The smallest absolute Gasteiger partial charge is 0.330 e. The zero-order valence-electron chi connectivity index (χ0n) is 12.7. The summed E-state index contributed by atoms with van der Waals surface area (Å²) in [4.78, 5) is 11.6. The Bertz CT molecular complexity index is 645. The Balaban J connectivity index is 1.73. The van der Waals surface area contributed by atoms with Crippen LogP contribution in [0.15, 0.2) is 54.6 Å². The number of aromatic hydroxyl groups is 1. The van der Waals surface area contributed by atoms with E-state index in [4.69, 9.17) is 4.74 Å². The first-order valence-corrected chi connectivity index (χ1v) is 7.33. The van der Waals surface area contributed by atoms with Crippen molar-refractivity contribution in [3.05, 3.63) is 71.3 Å². The lowest BCUT2D eigenvalue weighted by Crippen LogP contribution is -2.03. The van der Waals surface area contributed by atoms with Crippen molar-refractivity contribution < 1.29 is 14.6 Å². The number of phenolic OH excluding ortho intramolecular Hbond substituents is 1. The summed E-state index contributed by atoms with van der Waals surface area (Å²) in [5, 5.41) is 9.60. The summed E-state index contributed by atoms with van der Waals surface area (Å²) < 4.78 is 5.15. The molecule has 0 saturated carbocycles. The van der Waals surface area contributed by atoms with Crippen LogP contribution in [0.4, 0.5) is 0 Å². The molecule has 0 bridgehead atoms. The zero-order valence-corrected chi connectivity index (χ0v) is 12.7.